The van der Waals surface area contributed by atoms with Crippen molar-refractivity contribution < 1.29 is 17.9 Å². The van der Waals surface area contributed by atoms with Crippen molar-refractivity contribution >= 4 is 38.8 Å². The molecule has 0 saturated heterocycles. The van der Waals surface area contributed by atoms with Crippen molar-refractivity contribution in [2.75, 3.05) is 5.75 Å². The minimum absolute atomic E-state index is 0.0868. The van der Waals surface area contributed by atoms with Crippen LogP contribution in [0.2, 0.25) is 10.0 Å². The molecule has 1 heterocycles. The van der Waals surface area contributed by atoms with Gasteiger partial charge in [-0.25, -0.2) is 18.1 Å². The van der Waals surface area contributed by atoms with E-state index in [1.54, 1.807) is 38.1 Å². The summed E-state index contributed by atoms with van der Waals surface area (Å²) < 4.78 is 32.8. The lowest BCUT2D eigenvalue weighted by molar-refractivity contribution is -0.138. The molecule has 0 aliphatic carbocycles. The van der Waals surface area contributed by atoms with Crippen LogP contribution < -0.4 is 4.74 Å². The maximum Gasteiger partial charge on any atom is 0.252 e. The predicted molar refractivity (Wildman–Crippen MR) is 113 cm³/mol. The largest absolute Gasteiger partial charge is 0.461 e. The zero-order valence-corrected chi connectivity index (χ0v) is 18.5. The van der Waals surface area contributed by atoms with Crippen LogP contribution in [0.4, 0.5) is 0 Å². The third-order valence-corrected chi connectivity index (χ3v) is 6.95. The number of ketones is 1. The molecule has 0 radical (unpaired) electrons. The first-order valence-corrected chi connectivity index (χ1v) is 11.3. The molecule has 1 unspecified atom stereocenters. The summed E-state index contributed by atoms with van der Waals surface area (Å²) >= 11 is 11.7. The Kier molecular flexibility index (Phi) is 6.50. The number of ether oxygens (including phenoxy) is 1. The summed E-state index contributed by atoms with van der Waals surface area (Å²) in [6.07, 6.45) is 1.40. The number of nitrogens with zero attached hydrogens (tertiary/aromatic N) is 3. The Balaban J connectivity index is 1.88. The van der Waals surface area contributed by atoms with E-state index in [2.05, 4.69) is 10.1 Å². The Morgan fingerprint density at radius 3 is 2.17 bits per heavy atom. The number of carbonyl (C=O) groups is 1. The highest BCUT2D eigenvalue weighted by Gasteiger charge is 2.40. The Labute approximate surface area is 184 Å². The summed E-state index contributed by atoms with van der Waals surface area (Å²) in [7, 11) is -3.76. The number of rotatable bonds is 8. The van der Waals surface area contributed by atoms with Crippen LogP contribution in [-0.2, 0) is 14.6 Å². The molecule has 0 saturated carbocycles. The summed E-state index contributed by atoms with van der Waals surface area (Å²) in [4.78, 5) is 17.3. The van der Waals surface area contributed by atoms with Crippen LogP contribution in [0.15, 0.2) is 66.1 Å². The average molecular weight is 468 g/mol. The van der Waals surface area contributed by atoms with Gasteiger partial charge in [-0.05, 0) is 48.5 Å². The van der Waals surface area contributed by atoms with Gasteiger partial charge < -0.3 is 4.74 Å². The molecule has 0 amide bonds. The lowest BCUT2D eigenvalue weighted by atomic mass is 9.89. The number of hydrogen-bond donors (Lipinski definition) is 0. The number of Topliss-reactive ketones (excluding diaryl/α,β-unsaturated/α-hetero) is 1. The van der Waals surface area contributed by atoms with Gasteiger partial charge in [0.15, 0.2) is 9.84 Å². The van der Waals surface area contributed by atoms with Crippen molar-refractivity contribution in [2.45, 2.75) is 25.0 Å². The van der Waals surface area contributed by atoms with E-state index in [1.165, 1.54) is 41.6 Å². The highest BCUT2D eigenvalue weighted by atomic mass is 35.5. The van der Waals surface area contributed by atoms with Crippen LogP contribution >= 0.6 is 23.2 Å². The Morgan fingerprint density at radius 2 is 1.63 bits per heavy atom. The van der Waals surface area contributed by atoms with Gasteiger partial charge in [0.1, 0.15) is 18.4 Å². The number of hydrogen-bond acceptors (Lipinski definition) is 6. The van der Waals surface area contributed by atoms with E-state index in [0.717, 1.165) is 0 Å². The highest BCUT2D eigenvalue weighted by molar-refractivity contribution is 7.91. The minimum atomic E-state index is -3.76. The van der Waals surface area contributed by atoms with Gasteiger partial charge in [0, 0.05) is 15.5 Å². The van der Waals surface area contributed by atoms with E-state index in [1.807, 2.05) is 0 Å². The van der Waals surface area contributed by atoms with Crippen molar-refractivity contribution in [1.29, 1.82) is 0 Å². The number of sulfone groups is 1. The molecule has 1 atom stereocenters. The zero-order valence-electron chi connectivity index (χ0n) is 16.2. The quantitative estimate of drug-likeness (QED) is 0.492. The van der Waals surface area contributed by atoms with Crippen LogP contribution in [0, 0.1) is 5.41 Å². The van der Waals surface area contributed by atoms with E-state index >= 15 is 0 Å². The van der Waals surface area contributed by atoms with Crippen LogP contribution in [0.5, 0.6) is 5.75 Å². The fraction of sp³-hybridized carbons (Fsp3) is 0.250. The molecule has 1 aromatic heterocycles. The van der Waals surface area contributed by atoms with Crippen molar-refractivity contribution in [3.63, 3.8) is 0 Å². The van der Waals surface area contributed by atoms with Crippen molar-refractivity contribution in [3.05, 3.63) is 71.2 Å². The molecule has 0 bridgehead atoms. The van der Waals surface area contributed by atoms with Crippen molar-refractivity contribution in [3.8, 4) is 5.75 Å². The fourth-order valence-corrected chi connectivity index (χ4v) is 4.88. The van der Waals surface area contributed by atoms with Crippen LogP contribution in [-0.4, -0.2) is 34.7 Å². The van der Waals surface area contributed by atoms with Crippen LogP contribution in [0.25, 0.3) is 0 Å². The van der Waals surface area contributed by atoms with Gasteiger partial charge in [-0.3, -0.25) is 4.79 Å². The molecule has 0 N–H and O–H groups in total. The van der Waals surface area contributed by atoms with E-state index < -0.39 is 33.0 Å². The number of aromatic nitrogens is 3. The summed E-state index contributed by atoms with van der Waals surface area (Å²) in [5, 5.41) is 4.94. The first kappa shape index (κ1) is 22.3. The molecular weight excluding hydrogens is 449 g/mol. The molecule has 30 heavy (non-hydrogen) atoms. The molecule has 0 fully saturated rings. The molecule has 0 aliphatic rings. The van der Waals surface area contributed by atoms with E-state index in [4.69, 9.17) is 27.9 Å². The van der Waals surface area contributed by atoms with E-state index in [0.29, 0.717) is 15.8 Å². The van der Waals surface area contributed by atoms with Gasteiger partial charge in [0.2, 0.25) is 5.78 Å². The molecule has 3 rings (SSSR count). The summed E-state index contributed by atoms with van der Waals surface area (Å²) in [5.74, 6) is -0.513. The second kappa shape index (κ2) is 8.75. The number of halogens is 2. The number of benzene rings is 2. The van der Waals surface area contributed by atoms with E-state index in [-0.39, 0.29) is 4.90 Å². The average Bonchev–Trinajstić information content (AvgIpc) is 3.21. The van der Waals surface area contributed by atoms with Gasteiger partial charge >= 0.3 is 0 Å². The monoisotopic (exact) mass is 467 g/mol. The SMILES string of the molecule is CC(C)(CS(=O)(=O)c1ccc(Cl)cc1)C(=O)C(Oc1ccc(Cl)cc1)n1cncn1. The second-order valence-corrected chi connectivity index (χ2v) is 10.1. The third-order valence-electron chi connectivity index (χ3n) is 4.35. The highest BCUT2D eigenvalue weighted by Crippen LogP contribution is 2.31. The summed E-state index contributed by atoms with van der Waals surface area (Å²) in [5.41, 5.74) is -1.29. The maximum atomic E-state index is 13.4. The first-order valence-electron chi connectivity index (χ1n) is 8.87. The Bertz CT molecular complexity index is 1110. The van der Waals surface area contributed by atoms with Crippen LogP contribution in [0.3, 0.4) is 0 Å². The van der Waals surface area contributed by atoms with Gasteiger partial charge in [-0.1, -0.05) is 37.0 Å². The molecule has 158 valence electrons. The van der Waals surface area contributed by atoms with Gasteiger partial charge in [-0.2, -0.15) is 5.10 Å². The maximum absolute atomic E-state index is 13.4. The first-order chi connectivity index (χ1) is 14.1. The molecule has 7 nitrogen and oxygen atoms in total. The normalized spacial score (nSPS) is 13.1. The van der Waals surface area contributed by atoms with Gasteiger partial charge in [0.05, 0.1) is 10.6 Å². The molecule has 10 heteroatoms. The van der Waals surface area contributed by atoms with Gasteiger partial charge in [-0.15, -0.1) is 0 Å². The Morgan fingerprint density at radius 1 is 1.07 bits per heavy atom. The van der Waals surface area contributed by atoms with Gasteiger partial charge in [0.25, 0.3) is 6.23 Å². The topological polar surface area (TPSA) is 91.2 Å². The molecule has 0 spiro atoms. The molecule has 2 aromatic carbocycles. The smallest absolute Gasteiger partial charge is 0.252 e. The Hall–Kier alpha value is -2.42. The molecule has 3 aromatic rings. The lowest BCUT2D eigenvalue weighted by Gasteiger charge is -2.28. The second-order valence-electron chi connectivity index (χ2n) is 7.26. The summed E-state index contributed by atoms with van der Waals surface area (Å²) in [6.45, 7) is 3.11. The number of carbonyl (C=O) groups excluding carboxylic acids is 1. The van der Waals surface area contributed by atoms with Crippen LogP contribution in [0.1, 0.15) is 20.1 Å². The summed E-state index contributed by atoms with van der Waals surface area (Å²) in [6, 6.07) is 12.3. The zero-order chi connectivity index (χ0) is 21.9. The van der Waals surface area contributed by atoms with E-state index in [9.17, 15) is 13.2 Å². The van der Waals surface area contributed by atoms with Crippen molar-refractivity contribution in [1.82, 2.24) is 14.8 Å². The standard InChI is InChI=1S/C20H19Cl2N3O4S/c1-20(2,11-30(27,28)17-9-5-15(22)6-10-17)18(26)19(25-13-23-12-24-25)29-16-7-3-14(21)4-8-16/h3-10,12-13,19H,11H2,1-2H3. The minimum Gasteiger partial charge on any atom is -0.461 e. The lowest BCUT2D eigenvalue weighted by Crippen LogP contribution is -2.40. The van der Waals surface area contributed by atoms with Crippen molar-refractivity contribution in [2.24, 2.45) is 5.41 Å². The fourth-order valence-electron chi connectivity index (χ4n) is 2.81. The molecular formula is C20H19Cl2N3O4S. The predicted octanol–water partition coefficient (Wildman–Crippen LogP) is 4.23. The third kappa shape index (κ3) is 5.19. The molecule has 0 aliphatic heterocycles.